The van der Waals surface area contributed by atoms with E-state index in [1.165, 1.54) is 31.4 Å². The Morgan fingerprint density at radius 2 is 2.24 bits per heavy atom. The summed E-state index contributed by atoms with van der Waals surface area (Å²) in [6.45, 7) is 4.66. The van der Waals surface area contributed by atoms with Crippen LogP contribution in [0.1, 0.15) is 37.3 Å². The minimum absolute atomic E-state index is 0.269. The lowest BCUT2D eigenvalue weighted by atomic mass is 9.85. The number of hydrogen-bond donors (Lipinski definition) is 1. The molecule has 1 aliphatic carbocycles. The zero-order valence-electron chi connectivity index (χ0n) is 12.4. The molecule has 3 nitrogen and oxygen atoms in total. The van der Waals surface area contributed by atoms with E-state index in [-0.39, 0.29) is 5.82 Å². The van der Waals surface area contributed by atoms with E-state index in [4.69, 9.17) is 5.11 Å². The predicted octanol–water partition coefficient (Wildman–Crippen LogP) is 3.55. The third-order valence-electron chi connectivity index (χ3n) is 4.08. The first-order chi connectivity index (χ1) is 10.1. The first kappa shape index (κ1) is 15.7. The van der Waals surface area contributed by atoms with Crippen molar-refractivity contribution in [1.82, 2.24) is 4.90 Å². The van der Waals surface area contributed by atoms with Gasteiger partial charge in [0, 0.05) is 24.7 Å². The highest BCUT2D eigenvalue weighted by atomic mass is 19.1. The molecule has 21 heavy (non-hydrogen) atoms. The predicted molar refractivity (Wildman–Crippen MR) is 81.4 cm³/mol. The summed E-state index contributed by atoms with van der Waals surface area (Å²) >= 11 is 0. The molecule has 0 saturated heterocycles. The number of carboxylic acids is 1. The molecule has 1 N–H and O–H groups in total. The van der Waals surface area contributed by atoms with Gasteiger partial charge in [-0.25, -0.2) is 9.18 Å². The van der Waals surface area contributed by atoms with Crippen molar-refractivity contribution < 1.29 is 14.3 Å². The van der Waals surface area contributed by atoms with Gasteiger partial charge in [-0.15, -0.1) is 0 Å². The molecule has 114 valence electrons. The van der Waals surface area contributed by atoms with Gasteiger partial charge in [0.25, 0.3) is 0 Å². The number of benzene rings is 1. The SMILES string of the molecule is CCN(Cc1ccc(/C=C/C(=O)O)cc1F)CC1CCC1. The molecular weight excluding hydrogens is 269 g/mol. The van der Waals surface area contributed by atoms with Crippen molar-refractivity contribution in [2.45, 2.75) is 32.7 Å². The Labute approximate surface area is 125 Å². The first-order valence-corrected chi connectivity index (χ1v) is 7.50. The fourth-order valence-corrected chi connectivity index (χ4v) is 2.55. The van der Waals surface area contributed by atoms with Crippen LogP contribution in [0, 0.1) is 11.7 Å². The highest BCUT2D eigenvalue weighted by molar-refractivity contribution is 5.85. The van der Waals surface area contributed by atoms with E-state index in [9.17, 15) is 9.18 Å². The summed E-state index contributed by atoms with van der Waals surface area (Å²) in [7, 11) is 0. The second kappa shape index (κ2) is 7.36. The third kappa shape index (κ3) is 4.67. The number of carbonyl (C=O) groups is 1. The standard InChI is InChI=1S/C17H22FNO2/c1-2-19(11-14-4-3-5-14)12-15-8-6-13(10-16(15)18)7-9-17(20)21/h6-10,14H,2-5,11-12H2,1H3,(H,20,21)/b9-7+. The van der Waals surface area contributed by atoms with E-state index in [1.807, 2.05) is 0 Å². The van der Waals surface area contributed by atoms with Crippen LogP contribution < -0.4 is 0 Å². The van der Waals surface area contributed by atoms with Gasteiger partial charge < -0.3 is 5.11 Å². The van der Waals surface area contributed by atoms with Crippen LogP contribution in [-0.4, -0.2) is 29.1 Å². The molecule has 0 aliphatic heterocycles. The second-order valence-corrected chi connectivity index (χ2v) is 5.65. The summed E-state index contributed by atoms with van der Waals surface area (Å²) in [5.74, 6) is -0.530. The zero-order chi connectivity index (χ0) is 15.2. The minimum Gasteiger partial charge on any atom is -0.478 e. The zero-order valence-corrected chi connectivity index (χ0v) is 12.4. The first-order valence-electron chi connectivity index (χ1n) is 7.50. The van der Waals surface area contributed by atoms with Crippen LogP contribution >= 0.6 is 0 Å². The highest BCUT2D eigenvalue weighted by Gasteiger charge is 2.20. The summed E-state index contributed by atoms with van der Waals surface area (Å²) in [5.41, 5.74) is 1.24. The van der Waals surface area contributed by atoms with Crippen molar-refractivity contribution in [2.24, 2.45) is 5.92 Å². The molecule has 0 spiro atoms. The largest absolute Gasteiger partial charge is 0.478 e. The van der Waals surface area contributed by atoms with Crippen LogP contribution in [0.2, 0.25) is 0 Å². The van der Waals surface area contributed by atoms with Crippen molar-refractivity contribution >= 4 is 12.0 Å². The van der Waals surface area contributed by atoms with Gasteiger partial charge >= 0.3 is 5.97 Å². The summed E-state index contributed by atoms with van der Waals surface area (Å²) in [4.78, 5) is 12.7. The molecule has 0 unspecified atom stereocenters. The van der Waals surface area contributed by atoms with Crippen LogP contribution in [-0.2, 0) is 11.3 Å². The lowest BCUT2D eigenvalue weighted by Crippen LogP contribution is -2.32. The van der Waals surface area contributed by atoms with Gasteiger partial charge in [0.05, 0.1) is 0 Å². The van der Waals surface area contributed by atoms with Crippen molar-refractivity contribution in [3.63, 3.8) is 0 Å². The van der Waals surface area contributed by atoms with Crippen LogP contribution in [0.15, 0.2) is 24.3 Å². The van der Waals surface area contributed by atoms with Crippen molar-refractivity contribution in [2.75, 3.05) is 13.1 Å². The molecule has 4 heteroatoms. The summed E-state index contributed by atoms with van der Waals surface area (Å²) in [6.07, 6.45) is 6.32. The van der Waals surface area contributed by atoms with Crippen molar-refractivity contribution in [3.8, 4) is 0 Å². The van der Waals surface area contributed by atoms with Gasteiger partial charge in [-0.1, -0.05) is 25.5 Å². The molecule has 0 radical (unpaired) electrons. The average Bonchev–Trinajstić information content (AvgIpc) is 2.41. The van der Waals surface area contributed by atoms with E-state index < -0.39 is 5.97 Å². The Morgan fingerprint density at radius 1 is 1.48 bits per heavy atom. The molecule has 0 atom stereocenters. The second-order valence-electron chi connectivity index (χ2n) is 5.65. The van der Waals surface area contributed by atoms with Gasteiger partial charge in [0.2, 0.25) is 0 Å². The van der Waals surface area contributed by atoms with E-state index in [0.717, 1.165) is 25.1 Å². The van der Waals surface area contributed by atoms with Gasteiger partial charge in [-0.2, -0.15) is 0 Å². The molecule has 1 aliphatic rings. The quantitative estimate of drug-likeness (QED) is 0.781. The molecule has 1 fully saturated rings. The minimum atomic E-state index is -1.03. The maximum absolute atomic E-state index is 14.1. The molecule has 2 rings (SSSR count). The molecule has 0 heterocycles. The number of aliphatic carboxylic acids is 1. The van der Waals surface area contributed by atoms with Gasteiger partial charge in [0.15, 0.2) is 0 Å². The van der Waals surface area contributed by atoms with Crippen LogP contribution in [0.3, 0.4) is 0 Å². The average molecular weight is 291 g/mol. The molecule has 0 amide bonds. The summed E-state index contributed by atoms with van der Waals surface area (Å²) in [6, 6.07) is 4.90. The van der Waals surface area contributed by atoms with Crippen molar-refractivity contribution in [3.05, 3.63) is 41.2 Å². The highest BCUT2D eigenvalue weighted by Crippen LogP contribution is 2.27. The topological polar surface area (TPSA) is 40.5 Å². The lowest BCUT2D eigenvalue weighted by Gasteiger charge is -2.31. The molecule has 1 saturated carbocycles. The molecule has 0 bridgehead atoms. The maximum Gasteiger partial charge on any atom is 0.328 e. The molecule has 0 aromatic heterocycles. The normalized spacial score (nSPS) is 15.6. The molecule has 1 aromatic carbocycles. The molecule has 1 aromatic rings. The summed E-state index contributed by atoms with van der Waals surface area (Å²) in [5, 5.41) is 8.58. The Bertz CT molecular complexity index is 524. The van der Waals surface area contributed by atoms with Crippen LogP contribution in [0.5, 0.6) is 0 Å². The van der Waals surface area contributed by atoms with E-state index in [2.05, 4.69) is 11.8 Å². The number of hydrogen-bond acceptors (Lipinski definition) is 2. The Morgan fingerprint density at radius 3 is 2.76 bits per heavy atom. The number of nitrogens with zero attached hydrogens (tertiary/aromatic N) is 1. The maximum atomic E-state index is 14.1. The Hall–Kier alpha value is -1.68. The van der Waals surface area contributed by atoms with E-state index in [0.29, 0.717) is 17.7 Å². The number of rotatable bonds is 7. The third-order valence-corrected chi connectivity index (χ3v) is 4.08. The van der Waals surface area contributed by atoms with Crippen molar-refractivity contribution in [1.29, 1.82) is 0 Å². The Kier molecular flexibility index (Phi) is 5.51. The van der Waals surface area contributed by atoms with Crippen LogP contribution in [0.25, 0.3) is 6.08 Å². The lowest BCUT2D eigenvalue weighted by molar-refractivity contribution is -0.131. The summed E-state index contributed by atoms with van der Waals surface area (Å²) < 4.78 is 14.1. The monoisotopic (exact) mass is 291 g/mol. The van der Waals surface area contributed by atoms with Gasteiger partial charge in [-0.05, 0) is 43.0 Å². The van der Waals surface area contributed by atoms with Gasteiger partial charge in [0.1, 0.15) is 5.82 Å². The number of halogens is 1. The molecular formula is C17H22FNO2. The smallest absolute Gasteiger partial charge is 0.328 e. The van der Waals surface area contributed by atoms with E-state index >= 15 is 0 Å². The van der Waals surface area contributed by atoms with Crippen LogP contribution in [0.4, 0.5) is 4.39 Å². The fourth-order valence-electron chi connectivity index (χ4n) is 2.55. The number of carboxylic acid groups (broad SMARTS) is 1. The van der Waals surface area contributed by atoms with Gasteiger partial charge in [-0.3, -0.25) is 4.90 Å². The fraction of sp³-hybridized carbons (Fsp3) is 0.471. The van der Waals surface area contributed by atoms with E-state index in [1.54, 1.807) is 12.1 Å². The Balaban J connectivity index is 2.00.